The van der Waals surface area contributed by atoms with Crippen LogP contribution in [-0.4, -0.2) is 19.1 Å². The van der Waals surface area contributed by atoms with Gasteiger partial charge in [-0.05, 0) is 61.4 Å². The molecule has 0 aliphatic rings. The van der Waals surface area contributed by atoms with Gasteiger partial charge < -0.3 is 15.4 Å². The monoisotopic (exact) mass is 298 g/mol. The fraction of sp³-hybridized carbons (Fsp3) is 0.176. The highest BCUT2D eigenvalue weighted by Gasteiger charge is 2.06. The molecule has 0 aromatic heterocycles. The lowest BCUT2D eigenvalue weighted by molar-refractivity contribution is 0.0601. The van der Waals surface area contributed by atoms with Gasteiger partial charge in [0.2, 0.25) is 0 Å². The van der Waals surface area contributed by atoms with Crippen molar-refractivity contribution >= 4 is 23.4 Å². The quantitative estimate of drug-likeness (QED) is 0.848. The highest BCUT2D eigenvalue weighted by Crippen LogP contribution is 2.15. The number of hydrogen-bond donors (Lipinski definition) is 2. The van der Waals surface area contributed by atoms with E-state index in [0.29, 0.717) is 11.3 Å². The number of methoxy groups -OCH3 is 1. The zero-order valence-corrected chi connectivity index (χ0v) is 12.8. The third kappa shape index (κ3) is 3.85. The SMILES string of the molecule is COC(=O)c1ccc(NC(=O)Nc2ccc(C)c(C)c2)cc1. The molecule has 22 heavy (non-hydrogen) atoms. The summed E-state index contributed by atoms with van der Waals surface area (Å²) in [7, 11) is 1.32. The Kier molecular flexibility index (Phi) is 4.78. The molecule has 2 N–H and O–H groups in total. The highest BCUT2D eigenvalue weighted by molar-refractivity contribution is 6.00. The number of rotatable bonds is 3. The van der Waals surface area contributed by atoms with E-state index in [2.05, 4.69) is 15.4 Å². The van der Waals surface area contributed by atoms with Crippen molar-refractivity contribution in [2.45, 2.75) is 13.8 Å². The fourth-order valence-corrected chi connectivity index (χ4v) is 1.92. The summed E-state index contributed by atoms with van der Waals surface area (Å²) in [6, 6.07) is 11.9. The molecule has 114 valence electrons. The van der Waals surface area contributed by atoms with Gasteiger partial charge in [0.05, 0.1) is 12.7 Å². The van der Waals surface area contributed by atoms with Crippen LogP contribution in [0.25, 0.3) is 0 Å². The summed E-state index contributed by atoms with van der Waals surface area (Å²) in [5, 5.41) is 5.47. The molecule has 0 fully saturated rings. The number of urea groups is 1. The predicted octanol–water partition coefficient (Wildman–Crippen LogP) is 3.73. The largest absolute Gasteiger partial charge is 0.465 e. The molecule has 0 saturated carbocycles. The van der Waals surface area contributed by atoms with Gasteiger partial charge in [0.25, 0.3) is 0 Å². The maximum atomic E-state index is 11.9. The first kappa shape index (κ1) is 15.6. The van der Waals surface area contributed by atoms with Gasteiger partial charge in [0.15, 0.2) is 0 Å². The third-order valence-corrected chi connectivity index (χ3v) is 3.33. The molecule has 0 aliphatic carbocycles. The number of carbonyl (C=O) groups excluding carboxylic acids is 2. The highest BCUT2D eigenvalue weighted by atomic mass is 16.5. The molecule has 0 unspecified atom stereocenters. The predicted molar refractivity (Wildman–Crippen MR) is 86.3 cm³/mol. The van der Waals surface area contributed by atoms with Gasteiger partial charge >= 0.3 is 12.0 Å². The molecule has 2 aromatic rings. The number of benzene rings is 2. The Morgan fingerprint density at radius 2 is 1.45 bits per heavy atom. The van der Waals surface area contributed by atoms with E-state index >= 15 is 0 Å². The summed E-state index contributed by atoms with van der Waals surface area (Å²) in [4.78, 5) is 23.3. The van der Waals surface area contributed by atoms with Crippen LogP contribution in [0.2, 0.25) is 0 Å². The van der Waals surface area contributed by atoms with E-state index in [-0.39, 0.29) is 6.03 Å². The number of carbonyl (C=O) groups is 2. The van der Waals surface area contributed by atoms with Crippen molar-refractivity contribution in [3.8, 4) is 0 Å². The summed E-state index contributed by atoms with van der Waals surface area (Å²) in [6.07, 6.45) is 0. The Bertz CT molecular complexity index is 694. The van der Waals surface area contributed by atoms with Gasteiger partial charge in [-0.2, -0.15) is 0 Å². The van der Waals surface area contributed by atoms with E-state index in [0.717, 1.165) is 11.3 Å². The minimum Gasteiger partial charge on any atom is -0.465 e. The molecule has 2 rings (SSSR count). The van der Waals surface area contributed by atoms with E-state index < -0.39 is 5.97 Å². The maximum Gasteiger partial charge on any atom is 0.337 e. The molecule has 2 amide bonds. The Labute approximate surface area is 129 Å². The van der Waals surface area contributed by atoms with Gasteiger partial charge in [-0.25, -0.2) is 9.59 Å². The molecular weight excluding hydrogens is 280 g/mol. The molecule has 0 atom stereocenters. The molecular formula is C17H18N2O3. The van der Waals surface area contributed by atoms with Crippen molar-refractivity contribution in [1.82, 2.24) is 0 Å². The van der Waals surface area contributed by atoms with Crippen LogP contribution in [0.4, 0.5) is 16.2 Å². The maximum absolute atomic E-state index is 11.9. The Morgan fingerprint density at radius 3 is 2.05 bits per heavy atom. The normalized spacial score (nSPS) is 9.95. The number of ether oxygens (including phenoxy) is 1. The topological polar surface area (TPSA) is 67.4 Å². The summed E-state index contributed by atoms with van der Waals surface area (Å²) in [5.41, 5.74) is 4.04. The van der Waals surface area contributed by atoms with Crippen molar-refractivity contribution in [2.75, 3.05) is 17.7 Å². The van der Waals surface area contributed by atoms with Gasteiger partial charge in [0, 0.05) is 11.4 Å². The summed E-state index contributed by atoms with van der Waals surface area (Å²) < 4.78 is 4.62. The molecule has 2 aromatic carbocycles. The minimum absolute atomic E-state index is 0.339. The smallest absolute Gasteiger partial charge is 0.337 e. The second-order valence-electron chi connectivity index (χ2n) is 4.95. The lowest BCUT2D eigenvalue weighted by Crippen LogP contribution is -2.19. The Balaban J connectivity index is 1.99. The Morgan fingerprint density at radius 1 is 0.864 bits per heavy atom. The van der Waals surface area contributed by atoms with E-state index in [9.17, 15) is 9.59 Å². The lowest BCUT2D eigenvalue weighted by Gasteiger charge is -2.09. The number of aryl methyl sites for hydroxylation is 2. The number of anilines is 2. The van der Waals surface area contributed by atoms with Crippen LogP contribution >= 0.6 is 0 Å². The zero-order valence-electron chi connectivity index (χ0n) is 12.8. The number of esters is 1. The average molecular weight is 298 g/mol. The number of nitrogens with one attached hydrogen (secondary N) is 2. The molecule has 5 heteroatoms. The summed E-state index contributed by atoms with van der Waals surface area (Å²) >= 11 is 0. The first-order valence-corrected chi connectivity index (χ1v) is 6.83. The second-order valence-corrected chi connectivity index (χ2v) is 4.95. The van der Waals surface area contributed by atoms with Crippen LogP contribution in [0.1, 0.15) is 21.5 Å². The van der Waals surface area contributed by atoms with Crippen molar-refractivity contribution < 1.29 is 14.3 Å². The average Bonchev–Trinajstić information content (AvgIpc) is 2.51. The fourth-order valence-electron chi connectivity index (χ4n) is 1.92. The van der Waals surface area contributed by atoms with Crippen LogP contribution in [-0.2, 0) is 4.74 Å². The second kappa shape index (κ2) is 6.76. The molecule has 0 radical (unpaired) electrons. The van der Waals surface area contributed by atoms with Crippen molar-refractivity contribution in [1.29, 1.82) is 0 Å². The molecule has 0 bridgehead atoms. The minimum atomic E-state index is -0.411. The van der Waals surface area contributed by atoms with E-state index in [1.165, 1.54) is 12.7 Å². The Hall–Kier alpha value is -2.82. The molecule has 5 nitrogen and oxygen atoms in total. The molecule has 0 aliphatic heterocycles. The van der Waals surface area contributed by atoms with E-state index in [1.807, 2.05) is 32.0 Å². The van der Waals surface area contributed by atoms with Crippen molar-refractivity contribution in [2.24, 2.45) is 0 Å². The number of amides is 2. The first-order chi connectivity index (χ1) is 10.5. The molecule has 0 spiro atoms. The van der Waals surface area contributed by atoms with Crippen molar-refractivity contribution in [3.63, 3.8) is 0 Å². The van der Waals surface area contributed by atoms with Gasteiger partial charge in [-0.1, -0.05) is 6.07 Å². The van der Waals surface area contributed by atoms with Crippen LogP contribution in [0.3, 0.4) is 0 Å². The van der Waals surface area contributed by atoms with E-state index in [1.54, 1.807) is 24.3 Å². The van der Waals surface area contributed by atoms with Crippen molar-refractivity contribution in [3.05, 3.63) is 59.2 Å². The summed E-state index contributed by atoms with van der Waals surface area (Å²) in [5.74, 6) is -0.411. The standard InChI is InChI=1S/C17H18N2O3/c1-11-4-7-15(10-12(11)2)19-17(21)18-14-8-5-13(6-9-14)16(20)22-3/h4-10H,1-3H3,(H2,18,19,21). The molecule has 0 saturated heterocycles. The molecule has 0 heterocycles. The van der Waals surface area contributed by atoms with Crippen LogP contribution in [0.5, 0.6) is 0 Å². The van der Waals surface area contributed by atoms with Gasteiger partial charge in [-0.15, -0.1) is 0 Å². The van der Waals surface area contributed by atoms with E-state index in [4.69, 9.17) is 0 Å². The van der Waals surface area contributed by atoms with Crippen LogP contribution in [0, 0.1) is 13.8 Å². The van der Waals surface area contributed by atoms with Gasteiger partial charge in [0.1, 0.15) is 0 Å². The van der Waals surface area contributed by atoms with Gasteiger partial charge in [-0.3, -0.25) is 0 Å². The van der Waals surface area contributed by atoms with Crippen LogP contribution in [0.15, 0.2) is 42.5 Å². The number of hydrogen-bond acceptors (Lipinski definition) is 3. The zero-order chi connectivity index (χ0) is 16.1. The lowest BCUT2D eigenvalue weighted by atomic mass is 10.1. The first-order valence-electron chi connectivity index (χ1n) is 6.83. The van der Waals surface area contributed by atoms with Crippen LogP contribution < -0.4 is 10.6 Å². The third-order valence-electron chi connectivity index (χ3n) is 3.33. The summed E-state index contributed by atoms with van der Waals surface area (Å²) in [6.45, 7) is 4.01.